The first-order valence-corrected chi connectivity index (χ1v) is 7.58. The van der Waals surface area contributed by atoms with Crippen molar-refractivity contribution in [2.75, 3.05) is 0 Å². The van der Waals surface area contributed by atoms with Crippen molar-refractivity contribution in [3.8, 4) is 0 Å². The molecular weight excluding hydrogens is 278 g/mol. The highest BCUT2D eigenvalue weighted by atomic mass is 35.5. The summed E-state index contributed by atoms with van der Waals surface area (Å²) in [4.78, 5) is 2.27. The van der Waals surface area contributed by atoms with Crippen LogP contribution in [0.2, 0.25) is 5.02 Å². The third-order valence-electron chi connectivity index (χ3n) is 3.10. The van der Waals surface area contributed by atoms with Gasteiger partial charge in [0.05, 0.1) is 11.1 Å². The molecule has 0 radical (unpaired) electrons. The first-order chi connectivity index (χ1) is 9.20. The number of halogens is 1. The molecule has 0 atom stereocenters. The van der Waals surface area contributed by atoms with Crippen molar-refractivity contribution in [2.24, 2.45) is 7.05 Å². The standard InChI is InChI=1S/C14H16ClN3S/c1-18-9-13(8-17-18)19-12-5-2-10(14(15)6-12)7-16-11-3-4-11/h2,5-6,8-9,11,16H,3-4,7H2,1H3. The van der Waals surface area contributed by atoms with E-state index in [0.29, 0.717) is 6.04 Å². The van der Waals surface area contributed by atoms with Gasteiger partial charge in [0.1, 0.15) is 0 Å². The van der Waals surface area contributed by atoms with E-state index >= 15 is 0 Å². The summed E-state index contributed by atoms with van der Waals surface area (Å²) in [7, 11) is 1.92. The van der Waals surface area contributed by atoms with E-state index in [1.54, 1.807) is 16.4 Å². The van der Waals surface area contributed by atoms with Crippen molar-refractivity contribution in [3.63, 3.8) is 0 Å². The van der Waals surface area contributed by atoms with Crippen LogP contribution < -0.4 is 5.32 Å². The Balaban J connectivity index is 1.67. The lowest BCUT2D eigenvalue weighted by Gasteiger charge is -2.07. The van der Waals surface area contributed by atoms with Crippen molar-refractivity contribution >= 4 is 23.4 Å². The molecule has 3 nitrogen and oxygen atoms in total. The molecular formula is C14H16ClN3S. The van der Waals surface area contributed by atoms with Crippen LogP contribution in [0.1, 0.15) is 18.4 Å². The second-order valence-electron chi connectivity index (χ2n) is 4.86. The Morgan fingerprint density at radius 2 is 2.26 bits per heavy atom. The van der Waals surface area contributed by atoms with Gasteiger partial charge in [0.15, 0.2) is 0 Å². The average molecular weight is 294 g/mol. The third-order valence-corrected chi connectivity index (χ3v) is 4.39. The SMILES string of the molecule is Cn1cc(Sc2ccc(CNC3CC3)c(Cl)c2)cn1. The first-order valence-electron chi connectivity index (χ1n) is 6.39. The molecule has 1 fully saturated rings. The molecule has 19 heavy (non-hydrogen) atoms. The van der Waals surface area contributed by atoms with Crippen molar-refractivity contribution < 1.29 is 0 Å². The topological polar surface area (TPSA) is 29.9 Å². The van der Waals surface area contributed by atoms with Gasteiger partial charge >= 0.3 is 0 Å². The molecule has 3 rings (SSSR count). The van der Waals surface area contributed by atoms with E-state index in [0.717, 1.165) is 21.4 Å². The number of hydrogen-bond acceptors (Lipinski definition) is 3. The molecule has 1 saturated carbocycles. The molecule has 2 aromatic rings. The zero-order chi connectivity index (χ0) is 13.2. The zero-order valence-corrected chi connectivity index (χ0v) is 12.3. The van der Waals surface area contributed by atoms with Crippen LogP contribution in [0.15, 0.2) is 40.4 Å². The molecule has 5 heteroatoms. The molecule has 0 aliphatic heterocycles. The Morgan fingerprint density at radius 3 is 2.89 bits per heavy atom. The van der Waals surface area contributed by atoms with Crippen molar-refractivity contribution in [1.82, 2.24) is 15.1 Å². The molecule has 0 amide bonds. The van der Waals surface area contributed by atoms with Crippen LogP contribution in [0.3, 0.4) is 0 Å². The van der Waals surface area contributed by atoms with Crippen LogP contribution in [0.5, 0.6) is 0 Å². The van der Waals surface area contributed by atoms with Gasteiger partial charge in [-0.15, -0.1) is 0 Å². The number of aromatic nitrogens is 2. The Hall–Kier alpha value is -0.970. The lowest BCUT2D eigenvalue weighted by molar-refractivity contribution is 0.687. The summed E-state index contributed by atoms with van der Waals surface area (Å²) in [5, 5.41) is 8.48. The van der Waals surface area contributed by atoms with Gasteiger partial charge < -0.3 is 5.32 Å². The largest absolute Gasteiger partial charge is 0.310 e. The number of nitrogens with one attached hydrogen (secondary N) is 1. The second kappa shape index (κ2) is 5.57. The Bertz CT molecular complexity index is 578. The van der Waals surface area contributed by atoms with E-state index < -0.39 is 0 Å². The Labute approximate surface area is 122 Å². The number of nitrogens with zero attached hydrogens (tertiary/aromatic N) is 2. The van der Waals surface area contributed by atoms with Crippen molar-refractivity contribution in [3.05, 3.63) is 41.2 Å². The zero-order valence-electron chi connectivity index (χ0n) is 10.8. The van der Waals surface area contributed by atoms with Gasteiger partial charge in [0.25, 0.3) is 0 Å². The summed E-state index contributed by atoms with van der Waals surface area (Å²) in [6.45, 7) is 0.862. The molecule has 0 saturated heterocycles. The summed E-state index contributed by atoms with van der Waals surface area (Å²) in [5.41, 5.74) is 1.17. The van der Waals surface area contributed by atoms with E-state index in [2.05, 4.69) is 22.5 Å². The van der Waals surface area contributed by atoms with Gasteiger partial charge in [-0.3, -0.25) is 4.68 Å². The van der Waals surface area contributed by atoms with E-state index in [1.165, 1.54) is 18.4 Å². The monoisotopic (exact) mass is 293 g/mol. The Morgan fingerprint density at radius 1 is 1.42 bits per heavy atom. The van der Waals surface area contributed by atoms with Crippen molar-refractivity contribution in [1.29, 1.82) is 0 Å². The molecule has 1 aliphatic rings. The smallest absolute Gasteiger partial charge is 0.0629 e. The summed E-state index contributed by atoms with van der Waals surface area (Å²) < 4.78 is 1.80. The first kappa shape index (κ1) is 13.0. The molecule has 1 aliphatic carbocycles. The third kappa shape index (κ3) is 3.53. The van der Waals surface area contributed by atoms with E-state index in [9.17, 15) is 0 Å². The highest BCUT2D eigenvalue weighted by Crippen LogP contribution is 2.30. The lowest BCUT2D eigenvalue weighted by atomic mass is 10.2. The number of rotatable bonds is 5. The van der Waals surface area contributed by atoms with Gasteiger partial charge in [-0.25, -0.2) is 0 Å². The summed E-state index contributed by atoms with van der Waals surface area (Å²) in [6.07, 6.45) is 6.46. The summed E-state index contributed by atoms with van der Waals surface area (Å²) >= 11 is 8.01. The van der Waals surface area contributed by atoms with Gasteiger partial charge in [-0.05, 0) is 30.5 Å². The van der Waals surface area contributed by atoms with Crippen LogP contribution in [0.25, 0.3) is 0 Å². The maximum absolute atomic E-state index is 6.33. The quantitative estimate of drug-likeness (QED) is 0.915. The number of benzene rings is 1. The molecule has 0 bridgehead atoms. The predicted molar refractivity (Wildman–Crippen MR) is 78.6 cm³/mol. The highest BCUT2D eigenvalue weighted by Gasteiger charge is 2.20. The van der Waals surface area contributed by atoms with Gasteiger partial charge in [0.2, 0.25) is 0 Å². The predicted octanol–water partition coefficient (Wildman–Crippen LogP) is 3.48. The maximum Gasteiger partial charge on any atom is 0.0629 e. The lowest BCUT2D eigenvalue weighted by Crippen LogP contribution is -2.15. The van der Waals surface area contributed by atoms with Gasteiger partial charge in [-0.1, -0.05) is 29.4 Å². The van der Waals surface area contributed by atoms with Gasteiger partial charge in [0, 0.05) is 35.7 Å². The number of hydrogen-bond donors (Lipinski definition) is 1. The summed E-state index contributed by atoms with van der Waals surface area (Å²) in [6, 6.07) is 6.97. The van der Waals surface area contributed by atoms with Gasteiger partial charge in [-0.2, -0.15) is 5.10 Å². The molecule has 0 unspecified atom stereocenters. The molecule has 1 aromatic heterocycles. The van der Waals surface area contributed by atoms with Crippen LogP contribution in [0, 0.1) is 0 Å². The molecule has 0 spiro atoms. The molecule has 1 N–H and O–H groups in total. The second-order valence-corrected chi connectivity index (χ2v) is 6.41. The maximum atomic E-state index is 6.33. The fourth-order valence-electron chi connectivity index (χ4n) is 1.86. The average Bonchev–Trinajstić information content (AvgIpc) is 3.12. The fraction of sp³-hybridized carbons (Fsp3) is 0.357. The van der Waals surface area contributed by atoms with E-state index in [1.807, 2.05) is 25.5 Å². The fourth-order valence-corrected chi connectivity index (χ4v) is 3.07. The minimum absolute atomic E-state index is 0.709. The molecule has 100 valence electrons. The van der Waals surface area contributed by atoms with Crippen molar-refractivity contribution in [2.45, 2.75) is 35.2 Å². The van der Waals surface area contributed by atoms with Crippen LogP contribution in [-0.4, -0.2) is 15.8 Å². The molecule has 1 aromatic carbocycles. The van der Waals surface area contributed by atoms with Crippen LogP contribution >= 0.6 is 23.4 Å². The van der Waals surface area contributed by atoms with E-state index in [-0.39, 0.29) is 0 Å². The highest BCUT2D eigenvalue weighted by molar-refractivity contribution is 7.99. The normalized spacial score (nSPS) is 14.8. The minimum atomic E-state index is 0.709. The van der Waals surface area contributed by atoms with Crippen LogP contribution in [-0.2, 0) is 13.6 Å². The Kier molecular flexibility index (Phi) is 3.82. The van der Waals surface area contributed by atoms with E-state index in [4.69, 9.17) is 11.6 Å². The summed E-state index contributed by atoms with van der Waals surface area (Å²) in [5.74, 6) is 0. The molecule has 1 heterocycles. The minimum Gasteiger partial charge on any atom is -0.310 e. The van der Waals surface area contributed by atoms with Crippen LogP contribution in [0.4, 0.5) is 0 Å². The number of aryl methyl sites for hydroxylation is 1.